The zero-order valence-corrected chi connectivity index (χ0v) is 18.8. The Kier molecular flexibility index (Phi) is 7.31. The molecule has 0 aliphatic carbocycles. The average Bonchev–Trinajstić information content (AvgIpc) is 3.33. The summed E-state index contributed by atoms with van der Waals surface area (Å²) in [5.74, 6) is 0.121. The SMILES string of the molecule is CCN(CC(=O)Nc1ccccc1OC)c1ccc([N+](=O)[O-])cc1S(=O)(=O)N1CCCC1. The van der Waals surface area contributed by atoms with Crippen LogP contribution in [0.2, 0.25) is 0 Å². The van der Waals surface area contributed by atoms with E-state index in [4.69, 9.17) is 4.74 Å². The first-order valence-electron chi connectivity index (χ1n) is 10.2. The van der Waals surface area contributed by atoms with Crippen molar-refractivity contribution in [2.24, 2.45) is 0 Å². The Labute approximate surface area is 187 Å². The second kappa shape index (κ2) is 9.96. The molecule has 11 heteroatoms. The Morgan fingerprint density at radius 1 is 1.22 bits per heavy atom. The second-order valence-corrected chi connectivity index (χ2v) is 9.19. The topological polar surface area (TPSA) is 122 Å². The molecule has 10 nitrogen and oxygen atoms in total. The van der Waals surface area contributed by atoms with Crippen LogP contribution in [0.4, 0.5) is 17.1 Å². The molecule has 1 fully saturated rings. The van der Waals surface area contributed by atoms with E-state index in [0.717, 1.165) is 18.9 Å². The van der Waals surface area contributed by atoms with Crippen LogP contribution in [0.3, 0.4) is 0 Å². The van der Waals surface area contributed by atoms with Crippen LogP contribution in [-0.2, 0) is 14.8 Å². The van der Waals surface area contributed by atoms with Crippen molar-refractivity contribution in [2.75, 3.05) is 43.5 Å². The number of nitrogens with one attached hydrogen (secondary N) is 1. The molecule has 2 aromatic rings. The van der Waals surface area contributed by atoms with Gasteiger partial charge in [-0.3, -0.25) is 14.9 Å². The van der Waals surface area contributed by atoms with Crippen molar-refractivity contribution >= 4 is 33.0 Å². The Balaban J connectivity index is 1.93. The van der Waals surface area contributed by atoms with Gasteiger partial charge in [0.1, 0.15) is 10.6 Å². The maximum Gasteiger partial charge on any atom is 0.270 e. The van der Waals surface area contributed by atoms with Gasteiger partial charge in [0, 0.05) is 31.8 Å². The molecule has 1 heterocycles. The molecule has 0 atom stereocenters. The van der Waals surface area contributed by atoms with Crippen molar-refractivity contribution < 1.29 is 22.9 Å². The smallest absolute Gasteiger partial charge is 0.270 e. The number of likely N-dealkylation sites (N-methyl/N-ethyl adjacent to an activating group) is 1. The van der Waals surface area contributed by atoms with E-state index in [1.165, 1.54) is 23.5 Å². The van der Waals surface area contributed by atoms with E-state index >= 15 is 0 Å². The van der Waals surface area contributed by atoms with Crippen LogP contribution in [0, 0.1) is 10.1 Å². The van der Waals surface area contributed by atoms with Gasteiger partial charge in [-0.15, -0.1) is 0 Å². The number of nitro benzene ring substituents is 1. The number of hydrogen-bond acceptors (Lipinski definition) is 7. The summed E-state index contributed by atoms with van der Waals surface area (Å²) in [5, 5.41) is 14.1. The van der Waals surface area contributed by atoms with E-state index in [-0.39, 0.29) is 28.7 Å². The first-order valence-corrected chi connectivity index (χ1v) is 11.7. The summed E-state index contributed by atoms with van der Waals surface area (Å²) in [6.45, 7) is 2.69. The number of non-ortho nitro benzene ring substituents is 1. The number of carbonyl (C=O) groups is 1. The van der Waals surface area contributed by atoms with Crippen LogP contribution < -0.4 is 15.0 Å². The van der Waals surface area contributed by atoms with Gasteiger partial charge in [0.15, 0.2) is 0 Å². The number of rotatable bonds is 9. The summed E-state index contributed by atoms with van der Waals surface area (Å²) >= 11 is 0. The highest BCUT2D eigenvalue weighted by atomic mass is 32.2. The van der Waals surface area contributed by atoms with Gasteiger partial charge < -0.3 is 15.0 Å². The normalized spacial score (nSPS) is 14.2. The Bertz CT molecular complexity index is 1100. The predicted molar refractivity (Wildman–Crippen MR) is 121 cm³/mol. The third-order valence-corrected chi connectivity index (χ3v) is 7.20. The molecule has 1 amide bonds. The summed E-state index contributed by atoms with van der Waals surface area (Å²) < 4.78 is 33.1. The minimum atomic E-state index is -3.95. The second-order valence-electron chi connectivity index (χ2n) is 7.28. The molecule has 0 radical (unpaired) electrons. The summed E-state index contributed by atoms with van der Waals surface area (Å²) in [6, 6.07) is 10.7. The molecule has 0 bridgehead atoms. The van der Waals surface area contributed by atoms with E-state index in [1.54, 1.807) is 36.1 Å². The van der Waals surface area contributed by atoms with Crippen LogP contribution in [0.5, 0.6) is 5.75 Å². The van der Waals surface area contributed by atoms with Crippen molar-refractivity contribution in [1.29, 1.82) is 0 Å². The van der Waals surface area contributed by atoms with Gasteiger partial charge in [0.2, 0.25) is 15.9 Å². The summed E-state index contributed by atoms with van der Waals surface area (Å²) in [4.78, 5) is 24.8. The highest BCUT2D eigenvalue weighted by Gasteiger charge is 2.32. The summed E-state index contributed by atoms with van der Waals surface area (Å²) in [5.41, 5.74) is 0.422. The number of ether oxygens (including phenoxy) is 1. The Hall–Kier alpha value is -3.18. The zero-order valence-electron chi connectivity index (χ0n) is 18.0. The van der Waals surface area contributed by atoms with Gasteiger partial charge in [-0.1, -0.05) is 12.1 Å². The lowest BCUT2D eigenvalue weighted by molar-refractivity contribution is -0.385. The molecule has 0 saturated carbocycles. The number of methoxy groups -OCH3 is 1. The molecule has 172 valence electrons. The van der Waals surface area contributed by atoms with Crippen LogP contribution in [0.15, 0.2) is 47.4 Å². The first kappa shape index (κ1) is 23.5. The molecule has 1 aliphatic rings. The molecule has 3 rings (SSSR count). The highest BCUT2D eigenvalue weighted by molar-refractivity contribution is 7.89. The molecule has 1 aliphatic heterocycles. The minimum Gasteiger partial charge on any atom is -0.495 e. The number of nitrogens with zero attached hydrogens (tertiary/aromatic N) is 3. The average molecular weight is 463 g/mol. The Morgan fingerprint density at radius 2 is 1.91 bits per heavy atom. The molecule has 1 saturated heterocycles. The van der Waals surface area contributed by atoms with Crippen LogP contribution >= 0.6 is 0 Å². The van der Waals surface area contributed by atoms with E-state index < -0.39 is 14.9 Å². The van der Waals surface area contributed by atoms with Crippen molar-refractivity contribution in [3.8, 4) is 5.75 Å². The van der Waals surface area contributed by atoms with E-state index in [0.29, 0.717) is 31.1 Å². The fraction of sp³-hybridized carbons (Fsp3) is 0.381. The molecule has 0 spiro atoms. The molecule has 1 N–H and O–H groups in total. The number of nitro groups is 1. The standard InChI is InChI=1S/C21H26N4O6S/c1-3-23(15-21(26)22-17-8-4-5-9-19(17)31-2)18-11-10-16(25(27)28)14-20(18)32(29,30)24-12-6-7-13-24/h4-5,8-11,14H,3,6-7,12-13,15H2,1-2H3,(H,22,26). The number of hydrogen-bond donors (Lipinski definition) is 1. The van der Waals surface area contributed by atoms with E-state index in [2.05, 4.69) is 5.32 Å². The number of benzene rings is 2. The largest absolute Gasteiger partial charge is 0.495 e. The van der Waals surface area contributed by atoms with Crippen LogP contribution in [-0.4, -0.2) is 56.8 Å². The molecular formula is C21H26N4O6S. The maximum atomic E-state index is 13.3. The number of sulfonamides is 1. The molecule has 0 unspecified atom stereocenters. The lowest BCUT2D eigenvalue weighted by Crippen LogP contribution is -2.35. The molecule has 0 aromatic heterocycles. The number of para-hydroxylation sites is 2. The predicted octanol–water partition coefficient (Wildman–Crippen LogP) is 2.85. The molecule has 2 aromatic carbocycles. The van der Waals surface area contributed by atoms with Gasteiger partial charge >= 0.3 is 0 Å². The quantitative estimate of drug-likeness (QED) is 0.449. The third-order valence-electron chi connectivity index (χ3n) is 5.28. The monoisotopic (exact) mass is 462 g/mol. The van der Waals surface area contributed by atoms with Gasteiger partial charge in [0.05, 0.1) is 30.0 Å². The van der Waals surface area contributed by atoms with Crippen molar-refractivity contribution in [1.82, 2.24) is 4.31 Å². The van der Waals surface area contributed by atoms with Crippen LogP contribution in [0.25, 0.3) is 0 Å². The van der Waals surface area contributed by atoms with Crippen molar-refractivity contribution in [3.63, 3.8) is 0 Å². The minimum absolute atomic E-state index is 0.144. The first-order chi connectivity index (χ1) is 15.3. The highest BCUT2D eigenvalue weighted by Crippen LogP contribution is 2.33. The van der Waals surface area contributed by atoms with Gasteiger partial charge in [0.25, 0.3) is 5.69 Å². The van der Waals surface area contributed by atoms with Crippen molar-refractivity contribution in [3.05, 3.63) is 52.6 Å². The third kappa shape index (κ3) is 5.00. The van der Waals surface area contributed by atoms with Gasteiger partial charge in [-0.25, -0.2) is 8.42 Å². The summed E-state index contributed by atoms with van der Waals surface area (Å²) in [6.07, 6.45) is 1.48. The Morgan fingerprint density at radius 3 is 2.53 bits per heavy atom. The summed E-state index contributed by atoms with van der Waals surface area (Å²) in [7, 11) is -2.45. The fourth-order valence-corrected chi connectivity index (χ4v) is 5.38. The maximum absolute atomic E-state index is 13.3. The van der Waals surface area contributed by atoms with Gasteiger partial charge in [-0.2, -0.15) is 4.31 Å². The van der Waals surface area contributed by atoms with Crippen LogP contribution in [0.1, 0.15) is 19.8 Å². The van der Waals surface area contributed by atoms with E-state index in [1.807, 2.05) is 0 Å². The van der Waals surface area contributed by atoms with Gasteiger partial charge in [-0.05, 0) is 38.0 Å². The number of anilines is 2. The van der Waals surface area contributed by atoms with Crippen molar-refractivity contribution in [2.45, 2.75) is 24.7 Å². The lowest BCUT2D eigenvalue weighted by Gasteiger charge is -2.26. The number of amides is 1. The fourth-order valence-electron chi connectivity index (χ4n) is 3.63. The lowest BCUT2D eigenvalue weighted by atomic mass is 10.2. The number of carbonyl (C=O) groups excluding carboxylic acids is 1. The zero-order chi connectivity index (χ0) is 23.3. The molecular weight excluding hydrogens is 436 g/mol. The molecule has 32 heavy (non-hydrogen) atoms. The van der Waals surface area contributed by atoms with E-state index in [9.17, 15) is 23.3 Å².